The van der Waals surface area contributed by atoms with Crippen LogP contribution >= 0.6 is 22.9 Å². The lowest BCUT2D eigenvalue weighted by atomic mass is 10.1. The molecule has 0 saturated heterocycles. The lowest BCUT2D eigenvalue weighted by Gasteiger charge is -2.10. The van der Waals surface area contributed by atoms with Crippen molar-refractivity contribution in [3.05, 3.63) is 93.4 Å². The molecule has 4 rings (SSSR count). The molecule has 2 aromatic heterocycles. The summed E-state index contributed by atoms with van der Waals surface area (Å²) >= 11 is 7.35. The zero-order valence-electron chi connectivity index (χ0n) is 16.6. The molecule has 0 aliphatic rings. The number of nitrogens with one attached hydrogen (secondary N) is 1. The second kappa shape index (κ2) is 10.2. The molecule has 0 atom stereocenters. The Kier molecular flexibility index (Phi) is 6.91. The lowest BCUT2D eigenvalue weighted by molar-refractivity contribution is -0.120. The zero-order valence-corrected chi connectivity index (χ0v) is 18.1. The molecule has 31 heavy (non-hydrogen) atoms. The quantitative estimate of drug-likeness (QED) is 0.416. The monoisotopic (exact) mass is 453 g/mol. The van der Waals surface area contributed by atoms with Crippen molar-refractivity contribution in [1.29, 1.82) is 0 Å². The van der Waals surface area contributed by atoms with E-state index in [2.05, 4.69) is 20.4 Å². The van der Waals surface area contributed by atoms with Gasteiger partial charge in [-0.15, -0.1) is 11.3 Å². The van der Waals surface area contributed by atoms with Gasteiger partial charge in [-0.05, 0) is 35.4 Å². The molecule has 4 aromatic rings. The number of rotatable bonds is 9. The van der Waals surface area contributed by atoms with Crippen molar-refractivity contribution in [2.45, 2.75) is 26.1 Å². The van der Waals surface area contributed by atoms with Crippen molar-refractivity contribution < 1.29 is 9.53 Å². The van der Waals surface area contributed by atoms with Crippen LogP contribution in [-0.2, 0) is 30.9 Å². The molecule has 2 aromatic carbocycles. The second-order valence-corrected chi connectivity index (χ2v) is 8.17. The predicted octanol–water partition coefficient (Wildman–Crippen LogP) is 3.87. The molecule has 0 aliphatic carbocycles. The predicted molar refractivity (Wildman–Crippen MR) is 119 cm³/mol. The highest BCUT2D eigenvalue weighted by Crippen LogP contribution is 2.18. The largest absolute Gasteiger partial charge is 0.486 e. The van der Waals surface area contributed by atoms with E-state index >= 15 is 0 Å². The van der Waals surface area contributed by atoms with E-state index in [-0.39, 0.29) is 12.3 Å². The van der Waals surface area contributed by atoms with Crippen LogP contribution in [0.2, 0.25) is 5.02 Å². The van der Waals surface area contributed by atoms with Gasteiger partial charge in [0.2, 0.25) is 5.91 Å². The van der Waals surface area contributed by atoms with Crippen molar-refractivity contribution in [3.8, 4) is 5.75 Å². The molecule has 0 aliphatic heterocycles. The van der Waals surface area contributed by atoms with Crippen molar-refractivity contribution in [1.82, 2.24) is 25.1 Å². The molecule has 1 amide bonds. The van der Waals surface area contributed by atoms with E-state index in [1.165, 1.54) is 17.7 Å². The van der Waals surface area contributed by atoms with Crippen LogP contribution < -0.4 is 10.1 Å². The Morgan fingerprint density at radius 3 is 2.71 bits per heavy atom. The van der Waals surface area contributed by atoms with Gasteiger partial charge in [-0.1, -0.05) is 35.9 Å². The first-order valence-corrected chi connectivity index (χ1v) is 10.9. The van der Waals surface area contributed by atoms with Gasteiger partial charge in [-0.2, -0.15) is 5.10 Å². The van der Waals surface area contributed by atoms with Crippen LogP contribution in [0.1, 0.15) is 21.8 Å². The van der Waals surface area contributed by atoms with Crippen LogP contribution in [0.25, 0.3) is 0 Å². The summed E-state index contributed by atoms with van der Waals surface area (Å²) in [4.78, 5) is 20.9. The number of amides is 1. The summed E-state index contributed by atoms with van der Waals surface area (Å²) in [6.45, 7) is 1.40. The molecular formula is C22H20ClN5O2S. The maximum absolute atomic E-state index is 12.4. The molecule has 2 heterocycles. The highest BCUT2D eigenvalue weighted by molar-refractivity contribution is 7.09. The Labute approximate surface area is 188 Å². The zero-order chi connectivity index (χ0) is 21.5. The van der Waals surface area contributed by atoms with Crippen LogP contribution in [0.3, 0.4) is 0 Å². The summed E-state index contributed by atoms with van der Waals surface area (Å²) in [6.07, 6.45) is 3.40. The van der Waals surface area contributed by atoms with Gasteiger partial charge in [0.05, 0.1) is 18.7 Å². The molecule has 1 N–H and O–H groups in total. The molecular weight excluding hydrogens is 434 g/mol. The number of aromatic nitrogens is 4. The Bertz CT molecular complexity index is 1130. The highest BCUT2D eigenvalue weighted by Gasteiger charge is 2.10. The highest BCUT2D eigenvalue weighted by atomic mass is 35.5. The average molecular weight is 454 g/mol. The van der Waals surface area contributed by atoms with Gasteiger partial charge in [0.25, 0.3) is 0 Å². The van der Waals surface area contributed by atoms with Gasteiger partial charge in [0, 0.05) is 16.9 Å². The number of hydrogen-bond acceptors (Lipinski definition) is 6. The van der Waals surface area contributed by atoms with E-state index in [4.69, 9.17) is 16.3 Å². The van der Waals surface area contributed by atoms with Crippen molar-refractivity contribution in [2.75, 3.05) is 0 Å². The summed E-state index contributed by atoms with van der Waals surface area (Å²) < 4.78 is 7.46. The average Bonchev–Trinajstić information content (AvgIpc) is 3.45. The second-order valence-electron chi connectivity index (χ2n) is 6.79. The molecule has 0 unspecified atom stereocenters. The fourth-order valence-corrected chi connectivity index (χ4v) is 3.80. The Balaban J connectivity index is 1.27. The topological polar surface area (TPSA) is 81.9 Å². The van der Waals surface area contributed by atoms with Crippen LogP contribution in [0, 0.1) is 0 Å². The van der Waals surface area contributed by atoms with E-state index in [0.29, 0.717) is 24.7 Å². The lowest BCUT2D eigenvalue weighted by Crippen LogP contribution is -2.25. The number of carbonyl (C=O) groups is 1. The first kappa shape index (κ1) is 21.0. The van der Waals surface area contributed by atoms with E-state index in [1.54, 1.807) is 23.1 Å². The van der Waals surface area contributed by atoms with E-state index in [9.17, 15) is 4.79 Å². The Hall–Kier alpha value is -3.23. The number of ether oxygens (including phenoxy) is 1. The third kappa shape index (κ3) is 6.13. The first-order valence-electron chi connectivity index (χ1n) is 9.63. The third-order valence-electron chi connectivity index (χ3n) is 4.51. The van der Waals surface area contributed by atoms with E-state index < -0.39 is 0 Å². The molecule has 0 bridgehead atoms. The summed E-state index contributed by atoms with van der Waals surface area (Å²) in [6, 6.07) is 15.1. The normalized spacial score (nSPS) is 10.7. The number of halogens is 1. The summed E-state index contributed by atoms with van der Waals surface area (Å²) in [5.74, 6) is 0.648. The van der Waals surface area contributed by atoms with Crippen molar-refractivity contribution in [3.63, 3.8) is 0 Å². The maximum atomic E-state index is 12.4. The SMILES string of the molecule is O=C(Cc1csc(COc2ccc(Cl)cc2)n1)NCc1ccccc1Cn1cncn1. The van der Waals surface area contributed by atoms with Gasteiger partial charge in [-0.25, -0.2) is 14.6 Å². The van der Waals surface area contributed by atoms with Crippen LogP contribution in [0.15, 0.2) is 66.6 Å². The number of thiazole rings is 1. The molecule has 158 valence electrons. The molecule has 9 heteroatoms. The van der Waals surface area contributed by atoms with E-state index in [1.807, 2.05) is 41.8 Å². The Morgan fingerprint density at radius 1 is 1.13 bits per heavy atom. The van der Waals surface area contributed by atoms with Gasteiger partial charge in [0.1, 0.15) is 30.0 Å². The van der Waals surface area contributed by atoms with Crippen LogP contribution in [0.4, 0.5) is 0 Å². The van der Waals surface area contributed by atoms with Crippen LogP contribution in [0.5, 0.6) is 5.75 Å². The summed E-state index contributed by atoms with van der Waals surface area (Å²) in [5, 5.41) is 10.5. The van der Waals surface area contributed by atoms with Gasteiger partial charge in [0.15, 0.2) is 0 Å². The van der Waals surface area contributed by atoms with Crippen molar-refractivity contribution in [2.24, 2.45) is 0 Å². The first-order chi connectivity index (χ1) is 15.2. The smallest absolute Gasteiger partial charge is 0.226 e. The van der Waals surface area contributed by atoms with Gasteiger partial charge < -0.3 is 10.1 Å². The standard InChI is InChI=1S/C22H20ClN5O2S/c23-18-5-7-20(8-6-18)30-12-22-27-19(13-31-22)9-21(29)25-10-16-3-1-2-4-17(16)11-28-15-24-14-26-28/h1-8,13-15H,9-12H2,(H,25,29). The van der Waals surface area contributed by atoms with Gasteiger partial charge in [-0.3, -0.25) is 4.79 Å². The fourth-order valence-electron chi connectivity index (χ4n) is 2.97. The number of benzene rings is 2. The molecule has 0 saturated carbocycles. The van der Waals surface area contributed by atoms with Crippen molar-refractivity contribution >= 4 is 28.8 Å². The number of carbonyl (C=O) groups excluding carboxylic acids is 1. The third-order valence-corrected chi connectivity index (χ3v) is 5.63. The van der Waals surface area contributed by atoms with Crippen LogP contribution in [-0.4, -0.2) is 25.7 Å². The maximum Gasteiger partial charge on any atom is 0.226 e. The minimum atomic E-state index is -0.0778. The Morgan fingerprint density at radius 2 is 1.94 bits per heavy atom. The summed E-state index contributed by atoms with van der Waals surface area (Å²) in [7, 11) is 0. The molecule has 0 spiro atoms. The number of nitrogens with zero attached hydrogens (tertiary/aromatic N) is 4. The fraction of sp³-hybridized carbons (Fsp3) is 0.182. The molecule has 0 radical (unpaired) electrons. The minimum absolute atomic E-state index is 0.0778. The molecule has 0 fully saturated rings. The van der Waals surface area contributed by atoms with Gasteiger partial charge >= 0.3 is 0 Å². The van der Waals surface area contributed by atoms with E-state index in [0.717, 1.165) is 27.6 Å². The molecule has 7 nitrogen and oxygen atoms in total. The summed E-state index contributed by atoms with van der Waals surface area (Å²) in [5.41, 5.74) is 2.86. The number of hydrogen-bond donors (Lipinski definition) is 1. The minimum Gasteiger partial charge on any atom is -0.486 e.